The molecule has 0 bridgehead atoms. The van der Waals surface area contributed by atoms with Crippen molar-refractivity contribution in [2.45, 2.75) is 4.90 Å². The molecule has 0 aliphatic carbocycles. The molecule has 0 saturated heterocycles. The summed E-state index contributed by atoms with van der Waals surface area (Å²) < 4.78 is 40.8. The summed E-state index contributed by atoms with van der Waals surface area (Å²) in [6.45, 7) is 0. The molecule has 2 aromatic rings. The Hall–Kier alpha value is -1.53. The molecular weight excluding hydrogens is 333 g/mol. The van der Waals surface area contributed by atoms with Crippen molar-refractivity contribution in [2.75, 3.05) is 0 Å². The highest BCUT2D eigenvalue weighted by Gasteiger charge is 2.11. The zero-order valence-electron chi connectivity index (χ0n) is 9.62. The van der Waals surface area contributed by atoms with Gasteiger partial charge in [0.1, 0.15) is 5.82 Å². The van der Waals surface area contributed by atoms with Crippen molar-refractivity contribution in [2.24, 2.45) is 4.40 Å². The van der Waals surface area contributed by atoms with Crippen molar-refractivity contribution in [3.05, 3.63) is 64.4 Å². The van der Waals surface area contributed by atoms with Crippen LogP contribution >= 0.6 is 15.9 Å². The summed E-state index contributed by atoms with van der Waals surface area (Å²) in [5.74, 6) is -0.382. The Labute approximate surface area is 119 Å². The van der Waals surface area contributed by atoms with E-state index < -0.39 is 10.0 Å². The summed E-state index contributed by atoms with van der Waals surface area (Å²) in [5, 5.41) is 0. The lowest BCUT2D eigenvalue weighted by atomic mass is 10.2. The third-order valence-electron chi connectivity index (χ3n) is 2.30. The molecule has 0 unspecified atom stereocenters. The molecule has 0 aliphatic heterocycles. The van der Waals surface area contributed by atoms with Crippen molar-refractivity contribution in [3.8, 4) is 0 Å². The number of halogens is 2. The zero-order chi connectivity index (χ0) is 13.9. The van der Waals surface area contributed by atoms with Gasteiger partial charge in [0.2, 0.25) is 0 Å². The van der Waals surface area contributed by atoms with Gasteiger partial charge in [-0.1, -0.05) is 34.1 Å². The SMILES string of the molecule is O=S(=O)(N=Cc1ccc(F)cc1)c1cccc(Br)c1. The maximum Gasteiger partial charge on any atom is 0.282 e. The van der Waals surface area contributed by atoms with Crippen LogP contribution in [0.1, 0.15) is 5.56 Å². The van der Waals surface area contributed by atoms with E-state index in [4.69, 9.17) is 0 Å². The first kappa shape index (κ1) is 13.9. The summed E-state index contributed by atoms with van der Waals surface area (Å²) in [5.41, 5.74) is 0.514. The Bertz CT molecular complexity index is 712. The van der Waals surface area contributed by atoms with Crippen LogP contribution in [0.25, 0.3) is 0 Å². The number of rotatable bonds is 3. The van der Waals surface area contributed by atoms with Crippen molar-refractivity contribution in [1.29, 1.82) is 0 Å². The minimum atomic E-state index is -3.75. The second-order valence-electron chi connectivity index (χ2n) is 3.72. The third-order valence-corrected chi connectivity index (χ3v) is 4.03. The van der Waals surface area contributed by atoms with Crippen LogP contribution in [0.3, 0.4) is 0 Å². The largest absolute Gasteiger partial charge is 0.282 e. The molecule has 0 saturated carbocycles. The molecule has 0 atom stereocenters. The Morgan fingerprint density at radius 3 is 2.42 bits per heavy atom. The Morgan fingerprint density at radius 1 is 1.11 bits per heavy atom. The second-order valence-corrected chi connectivity index (χ2v) is 6.27. The normalized spacial score (nSPS) is 11.9. The molecular formula is C13H9BrFNO2S. The van der Waals surface area contributed by atoms with Crippen LogP contribution in [0.2, 0.25) is 0 Å². The molecule has 0 N–H and O–H groups in total. The van der Waals surface area contributed by atoms with Crippen LogP contribution in [0.4, 0.5) is 4.39 Å². The monoisotopic (exact) mass is 341 g/mol. The first-order chi connectivity index (χ1) is 8.97. The van der Waals surface area contributed by atoms with Gasteiger partial charge in [-0.05, 0) is 35.9 Å². The lowest BCUT2D eigenvalue weighted by Gasteiger charge is -1.99. The maximum atomic E-state index is 12.7. The van der Waals surface area contributed by atoms with E-state index in [1.165, 1.54) is 42.6 Å². The Kier molecular flexibility index (Phi) is 4.11. The van der Waals surface area contributed by atoms with E-state index in [1.807, 2.05) is 0 Å². The highest BCUT2D eigenvalue weighted by Crippen LogP contribution is 2.17. The van der Waals surface area contributed by atoms with E-state index in [0.29, 0.717) is 10.0 Å². The van der Waals surface area contributed by atoms with Crippen LogP contribution < -0.4 is 0 Å². The summed E-state index contributed by atoms with van der Waals surface area (Å²) in [6, 6.07) is 11.7. The Morgan fingerprint density at radius 2 is 1.79 bits per heavy atom. The van der Waals surface area contributed by atoms with Gasteiger partial charge >= 0.3 is 0 Å². The van der Waals surface area contributed by atoms with Gasteiger partial charge in [0.25, 0.3) is 10.0 Å². The second kappa shape index (κ2) is 5.63. The topological polar surface area (TPSA) is 46.5 Å². The van der Waals surface area contributed by atoms with Gasteiger partial charge in [-0.2, -0.15) is 12.8 Å². The Balaban J connectivity index is 2.29. The number of nitrogens with zero attached hydrogens (tertiary/aromatic N) is 1. The third kappa shape index (κ3) is 3.71. The number of benzene rings is 2. The van der Waals surface area contributed by atoms with E-state index in [1.54, 1.807) is 12.1 Å². The fourth-order valence-electron chi connectivity index (χ4n) is 1.37. The molecule has 0 amide bonds. The van der Waals surface area contributed by atoms with E-state index in [0.717, 1.165) is 0 Å². The van der Waals surface area contributed by atoms with Gasteiger partial charge in [-0.3, -0.25) is 0 Å². The smallest absolute Gasteiger partial charge is 0.207 e. The first-order valence-corrected chi connectivity index (χ1v) is 7.52. The van der Waals surface area contributed by atoms with E-state index in [-0.39, 0.29) is 10.7 Å². The van der Waals surface area contributed by atoms with Crippen molar-refractivity contribution >= 4 is 32.2 Å². The minimum absolute atomic E-state index is 0.0974. The molecule has 98 valence electrons. The maximum absolute atomic E-state index is 12.7. The standard InChI is InChI=1S/C13H9BrFNO2S/c14-11-2-1-3-13(8-11)19(17,18)16-9-10-4-6-12(15)7-5-10/h1-9H. The minimum Gasteiger partial charge on any atom is -0.207 e. The molecule has 2 aromatic carbocycles. The van der Waals surface area contributed by atoms with Gasteiger partial charge in [-0.25, -0.2) is 4.39 Å². The average Bonchev–Trinajstić information content (AvgIpc) is 2.38. The molecule has 0 aliphatic rings. The summed E-state index contributed by atoms with van der Waals surface area (Å²) >= 11 is 3.20. The molecule has 0 spiro atoms. The van der Waals surface area contributed by atoms with Gasteiger partial charge < -0.3 is 0 Å². The fraction of sp³-hybridized carbons (Fsp3) is 0. The fourth-order valence-corrected chi connectivity index (χ4v) is 2.83. The molecule has 0 fully saturated rings. The van der Waals surface area contributed by atoms with E-state index >= 15 is 0 Å². The number of hydrogen-bond acceptors (Lipinski definition) is 2. The van der Waals surface area contributed by atoms with Crippen LogP contribution in [-0.4, -0.2) is 14.6 Å². The molecule has 6 heteroatoms. The highest BCUT2D eigenvalue weighted by molar-refractivity contribution is 9.10. The number of sulfonamides is 1. The van der Waals surface area contributed by atoms with Crippen LogP contribution in [0.5, 0.6) is 0 Å². The van der Waals surface area contributed by atoms with Gasteiger partial charge in [0, 0.05) is 10.7 Å². The first-order valence-electron chi connectivity index (χ1n) is 5.29. The van der Waals surface area contributed by atoms with Crippen molar-refractivity contribution in [3.63, 3.8) is 0 Å². The molecule has 19 heavy (non-hydrogen) atoms. The van der Waals surface area contributed by atoms with E-state index in [9.17, 15) is 12.8 Å². The summed E-state index contributed by atoms with van der Waals surface area (Å²) in [7, 11) is -3.75. The zero-order valence-corrected chi connectivity index (χ0v) is 12.0. The molecule has 0 aromatic heterocycles. The van der Waals surface area contributed by atoms with Crippen molar-refractivity contribution in [1.82, 2.24) is 0 Å². The van der Waals surface area contributed by atoms with Crippen LogP contribution in [-0.2, 0) is 10.0 Å². The predicted molar refractivity (Wildman–Crippen MR) is 75.3 cm³/mol. The highest BCUT2D eigenvalue weighted by atomic mass is 79.9. The average molecular weight is 342 g/mol. The lowest BCUT2D eigenvalue weighted by Crippen LogP contribution is -1.97. The number of hydrogen-bond donors (Lipinski definition) is 0. The summed E-state index contributed by atoms with van der Waals surface area (Å²) in [6.07, 6.45) is 1.19. The summed E-state index contributed by atoms with van der Waals surface area (Å²) in [4.78, 5) is 0.0974. The lowest BCUT2D eigenvalue weighted by molar-refractivity contribution is 0.598. The molecule has 0 radical (unpaired) electrons. The van der Waals surface area contributed by atoms with Gasteiger partial charge in [0.15, 0.2) is 0 Å². The molecule has 0 heterocycles. The quantitative estimate of drug-likeness (QED) is 0.803. The van der Waals surface area contributed by atoms with Gasteiger partial charge in [0.05, 0.1) is 4.90 Å². The molecule has 3 nitrogen and oxygen atoms in total. The predicted octanol–water partition coefficient (Wildman–Crippen LogP) is 3.40. The van der Waals surface area contributed by atoms with Gasteiger partial charge in [-0.15, -0.1) is 0 Å². The van der Waals surface area contributed by atoms with Crippen LogP contribution in [0.15, 0.2) is 62.3 Å². The molecule has 2 rings (SSSR count). The van der Waals surface area contributed by atoms with E-state index in [2.05, 4.69) is 20.3 Å². The van der Waals surface area contributed by atoms with Crippen LogP contribution in [0, 0.1) is 5.82 Å². The van der Waals surface area contributed by atoms with Crippen molar-refractivity contribution < 1.29 is 12.8 Å².